The Balaban J connectivity index is 1.28. The highest BCUT2D eigenvalue weighted by molar-refractivity contribution is 7.92. The monoisotopic (exact) mass is 434 g/mol. The lowest BCUT2D eigenvalue weighted by molar-refractivity contribution is 0.173. The molecule has 0 radical (unpaired) electrons. The maximum Gasteiger partial charge on any atom is 0.263 e. The predicted molar refractivity (Wildman–Crippen MR) is 110 cm³/mol. The zero-order chi connectivity index (χ0) is 20.9. The van der Waals surface area contributed by atoms with Gasteiger partial charge in [-0.15, -0.1) is 0 Å². The SMILES string of the molecule is O=S(=O)(Nc1ccc(F)c(F)c1)c1ccc(N2CC3CN4CCCCC4C3C2)nc1. The molecule has 9 heteroatoms. The zero-order valence-corrected chi connectivity index (χ0v) is 17.3. The summed E-state index contributed by atoms with van der Waals surface area (Å²) >= 11 is 0. The Morgan fingerprint density at radius 3 is 2.67 bits per heavy atom. The number of pyridine rings is 1. The van der Waals surface area contributed by atoms with Crippen LogP contribution >= 0.6 is 0 Å². The summed E-state index contributed by atoms with van der Waals surface area (Å²) in [4.78, 5) is 9.26. The van der Waals surface area contributed by atoms with E-state index in [1.54, 1.807) is 6.07 Å². The molecule has 4 heterocycles. The number of sulfonamides is 1. The van der Waals surface area contributed by atoms with Crippen LogP contribution in [-0.2, 0) is 10.0 Å². The van der Waals surface area contributed by atoms with Gasteiger partial charge in [0.25, 0.3) is 10.0 Å². The van der Waals surface area contributed by atoms with Crippen molar-refractivity contribution in [3.05, 3.63) is 48.2 Å². The molecule has 0 amide bonds. The van der Waals surface area contributed by atoms with Gasteiger partial charge < -0.3 is 4.90 Å². The van der Waals surface area contributed by atoms with Crippen LogP contribution in [0.2, 0.25) is 0 Å². The van der Waals surface area contributed by atoms with Gasteiger partial charge in [0, 0.05) is 37.9 Å². The van der Waals surface area contributed by atoms with Crippen LogP contribution in [0.1, 0.15) is 19.3 Å². The van der Waals surface area contributed by atoms with E-state index in [2.05, 4.69) is 19.5 Å². The quantitative estimate of drug-likeness (QED) is 0.801. The number of anilines is 2. The molecule has 3 fully saturated rings. The molecule has 0 saturated carbocycles. The van der Waals surface area contributed by atoms with Crippen LogP contribution in [0, 0.1) is 23.5 Å². The molecule has 6 nitrogen and oxygen atoms in total. The average Bonchev–Trinajstić information content (AvgIpc) is 3.29. The number of piperidine rings is 1. The number of nitrogens with zero attached hydrogens (tertiary/aromatic N) is 3. The van der Waals surface area contributed by atoms with Crippen molar-refractivity contribution < 1.29 is 17.2 Å². The van der Waals surface area contributed by atoms with E-state index >= 15 is 0 Å². The molecule has 3 aliphatic rings. The minimum atomic E-state index is -3.94. The van der Waals surface area contributed by atoms with Gasteiger partial charge in [-0.2, -0.15) is 0 Å². The Kier molecular flexibility index (Phi) is 4.89. The van der Waals surface area contributed by atoms with Gasteiger partial charge in [0.15, 0.2) is 11.6 Å². The largest absolute Gasteiger partial charge is 0.356 e. The number of aromatic nitrogens is 1. The van der Waals surface area contributed by atoms with Gasteiger partial charge in [-0.1, -0.05) is 6.42 Å². The predicted octanol–water partition coefficient (Wildman–Crippen LogP) is 3.08. The summed E-state index contributed by atoms with van der Waals surface area (Å²) in [7, 11) is -3.94. The van der Waals surface area contributed by atoms with Crippen LogP contribution in [0.4, 0.5) is 20.3 Å². The lowest BCUT2D eigenvalue weighted by atomic mass is 9.90. The van der Waals surface area contributed by atoms with Crippen LogP contribution in [0.25, 0.3) is 0 Å². The molecular weight excluding hydrogens is 410 g/mol. The molecule has 1 N–H and O–H groups in total. The van der Waals surface area contributed by atoms with Gasteiger partial charge in [0.1, 0.15) is 10.7 Å². The number of nitrogens with one attached hydrogen (secondary N) is 1. The molecule has 3 saturated heterocycles. The van der Waals surface area contributed by atoms with E-state index in [-0.39, 0.29) is 10.6 Å². The molecule has 3 aliphatic heterocycles. The maximum atomic E-state index is 13.4. The fourth-order valence-electron chi connectivity index (χ4n) is 5.23. The lowest BCUT2D eigenvalue weighted by Crippen LogP contribution is -2.40. The first-order chi connectivity index (χ1) is 14.4. The second kappa shape index (κ2) is 7.46. The molecule has 1 aromatic heterocycles. The van der Waals surface area contributed by atoms with Gasteiger partial charge in [-0.25, -0.2) is 22.2 Å². The first-order valence-electron chi connectivity index (χ1n) is 10.3. The highest BCUT2D eigenvalue weighted by Crippen LogP contribution is 2.41. The third-order valence-corrected chi connectivity index (χ3v) is 8.01. The number of halogens is 2. The molecule has 1 aromatic carbocycles. The normalized spacial score (nSPS) is 26.5. The van der Waals surface area contributed by atoms with Crippen LogP contribution < -0.4 is 9.62 Å². The molecular formula is C21H24F2N4O2S. The summed E-state index contributed by atoms with van der Waals surface area (Å²) in [6.45, 7) is 4.27. The highest BCUT2D eigenvalue weighted by Gasteiger charge is 2.47. The molecule has 2 aromatic rings. The Hall–Kier alpha value is -2.26. The van der Waals surface area contributed by atoms with Crippen molar-refractivity contribution in [2.24, 2.45) is 11.8 Å². The van der Waals surface area contributed by atoms with Crippen LogP contribution in [-0.4, -0.2) is 50.5 Å². The maximum absolute atomic E-state index is 13.4. The summed E-state index contributed by atoms with van der Waals surface area (Å²) in [5.74, 6) is -0.0621. The van der Waals surface area contributed by atoms with Crippen LogP contribution in [0.15, 0.2) is 41.4 Å². The Morgan fingerprint density at radius 1 is 1.03 bits per heavy atom. The third-order valence-electron chi connectivity index (χ3n) is 6.65. The standard InChI is InChI=1S/C21H24F2N4O2S/c22-18-6-4-15(9-19(18)23)25-30(28,29)16-5-7-21(24-10-16)27-12-14-11-26-8-2-1-3-20(26)17(14)13-27/h4-7,9-10,14,17,20,25H,1-3,8,11-13H2. The van der Waals surface area contributed by atoms with Crippen LogP contribution in [0.3, 0.4) is 0 Å². The number of fused-ring (bicyclic) bond motifs is 3. The third kappa shape index (κ3) is 3.54. The van der Waals surface area contributed by atoms with Gasteiger partial charge in [-0.3, -0.25) is 9.62 Å². The number of rotatable bonds is 4. The van der Waals surface area contributed by atoms with Crippen molar-refractivity contribution in [3.8, 4) is 0 Å². The molecule has 30 heavy (non-hydrogen) atoms. The molecule has 0 bridgehead atoms. The van der Waals surface area contributed by atoms with Crippen molar-refractivity contribution in [2.75, 3.05) is 35.8 Å². The van der Waals surface area contributed by atoms with E-state index in [1.165, 1.54) is 44.1 Å². The highest BCUT2D eigenvalue weighted by atomic mass is 32.2. The van der Waals surface area contributed by atoms with Gasteiger partial charge in [-0.05, 0) is 55.5 Å². The molecule has 3 unspecified atom stereocenters. The molecule has 3 atom stereocenters. The fraction of sp³-hybridized carbons (Fsp3) is 0.476. The van der Waals surface area contributed by atoms with Crippen molar-refractivity contribution >= 4 is 21.5 Å². The van der Waals surface area contributed by atoms with Gasteiger partial charge in [0.2, 0.25) is 0 Å². The van der Waals surface area contributed by atoms with Gasteiger partial charge >= 0.3 is 0 Å². The Labute approximate surface area is 175 Å². The molecule has 160 valence electrons. The average molecular weight is 435 g/mol. The summed E-state index contributed by atoms with van der Waals surface area (Å²) < 4.78 is 53.8. The van der Waals surface area contributed by atoms with Crippen molar-refractivity contribution in [1.29, 1.82) is 0 Å². The smallest absolute Gasteiger partial charge is 0.263 e. The van der Waals surface area contributed by atoms with Crippen LogP contribution in [0.5, 0.6) is 0 Å². The van der Waals surface area contributed by atoms with Crippen molar-refractivity contribution in [1.82, 2.24) is 9.88 Å². The van der Waals surface area contributed by atoms with E-state index < -0.39 is 21.7 Å². The minimum absolute atomic E-state index is 0.0196. The first kappa shape index (κ1) is 19.7. The molecule has 0 spiro atoms. The topological polar surface area (TPSA) is 65.5 Å². The van der Waals surface area contributed by atoms with Gasteiger partial charge in [0.05, 0.1) is 5.69 Å². The Bertz CT molecular complexity index is 1050. The van der Waals surface area contributed by atoms with E-state index in [1.807, 2.05) is 0 Å². The number of benzene rings is 1. The van der Waals surface area contributed by atoms with Crippen molar-refractivity contribution in [2.45, 2.75) is 30.2 Å². The molecule has 5 rings (SSSR count). The zero-order valence-electron chi connectivity index (χ0n) is 16.5. The first-order valence-corrected chi connectivity index (χ1v) is 11.8. The second-order valence-electron chi connectivity index (χ2n) is 8.47. The summed E-state index contributed by atoms with van der Waals surface area (Å²) in [5.41, 5.74) is -0.0395. The lowest BCUT2D eigenvalue weighted by Gasteiger charge is -2.33. The van der Waals surface area contributed by atoms with E-state index in [0.29, 0.717) is 17.9 Å². The van der Waals surface area contributed by atoms with E-state index in [4.69, 9.17) is 0 Å². The number of hydrogen-bond acceptors (Lipinski definition) is 5. The fourth-order valence-corrected chi connectivity index (χ4v) is 6.23. The second-order valence-corrected chi connectivity index (χ2v) is 10.2. The summed E-state index contributed by atoms with van der Waals surface area (Å²) in [6, 6.07) is 6.77. The summed E-state index contributed by atoms with van der Waals surface area (Å²) in [6.07, 6.45) is 5.20. The van der Waals surface area contributed by atoms with E-state index in [9.17, 15) is 17.2 Å². The van der Waals surface area contributed by atoms with Crippen molar-refractivity contribution in [3.63, 3.8) is 0 Å². The Morgan fingerprint density at radius 2 is 1.90 bits per heavy atom. The van der Waals surface area contributed by atoms with E-state index in [0.717, 1.165) is 37.6 Å². The molecule has 0 aliphatic carbocycles. The minimum Gasteiger partial charge on any atom is -0.356 e. The number of hydrogen-bond donors (Lipinski definition) is 1. The summed E-state index contributed by atoms with van der Waals surface area (Å²) in [5, 5.41) is 0.